The molecule has 3 aliphatic carbocycles. The van der Waals surface area contributed by atoms with E-state index in [4.69, 9.17) is 33.0 Å². The van der Waals surface area contributed by atoms with Crippen molar-refractivity contribution in [1.82, 2.24) is 16.0 Å². The highest BCUT2D eigenvalue weighted by Crippen LogP contribution is 2.64. The van der Waals surface area contributed by atoms with E-state index in [0.717, 1.165) is 13.8 Å². The van der Waals surface area contributed by atoms with Crippen LogP contribution in [-0.4, -0.2) is 144 Å². The third-order valence-electron chi connectivity index (χ3n) is 14.7. The van der Waals surface area contributed by atoms with Crippen LogP contribution in [0.1, 0.15) is 86.7 Å². The second kappa shape index (κ2) is 21.8. The number of fused-ring (bicyclic) bond motifs is 5. The third kappa shape index (κ3) is 11.1. The first-order valence-electron chi connectivity index (χ1n) is 23.9. The molecule has 2 amide bonds. The highest BCUT2D eigenvalue weighted by molar-refractivity contribution is 7.85. The predicted octanol–water partition coefficient (Wildman–Crippen LogP) is 1.84. The first-order valence-corrected chi connectivity index (χ1v) is 25.5. The van der Waals surface area contributed by atoms with Crippen molar-refractivity contribution < 1.29 is 90.0 Å². The van der Waals surface area contributed by atoms with Crippen molar-refractivity contribution in [3.05, 3.63) is 119 Å². The Balaban J connectivity index is 1.38. The lowest BCUT2D eigenvalue weighted by Crippen LogP contribution is -2.82. The summed E-state index contributed by atoms with van der Waals surface area (Å²) in [5.74, 6) is -10.7. The number of carbonyl (C=O) groups excluding carboxylic acids is 8. The van der Waals surface area contributed by atoms with Crippen molar-refractivity contribution >= 4 is 57.6 Å². The van der Waals surface area contributed by atoms with E-state index in [2.05, 4.69) is 16.0 Å². The molecule has 23 heteroatoms. The van der Waals surface area contributed by atoms with Gasteiger partial charge in [-0.25, -0.2) is 9.59 Å². The fourth-order valence-electron chi connectivity index (χ4n) is 11.0. The van der Waals surface area contributed by atoms with Gasteiger partial charge in [-0.05, 0) is 54.8 Å². The molecule has 3 aromatic carbocycles. The van der Waals surface area contributed by atoms with Crippen LogP contribution in [0.4, 0.5) is 0 Å². The molecule has 6 N–H and O–H groups in total. The molecule has 1 unspecified atom stereocenters. The Labute approximate surface area is 431 Å². The third-order valence-corrected chi connectivity index (χ3v) is 15.3. The van der Waals surface area contributed by atoms with Gasteiger partial charge in [0.25, 0.3) is 16.0 Å². The first-order chi connectivity index (χ1) is 35.2. The monoisotopic (exact) mass is 1060 g/mol. The van der Waals surface area contributed by atoms with Crippen LogP contribution in [0.3, 0.4) is 0 Å². The predicted molar refractivity (Wildman–Crippen MR) is 259 cm³/mol. The van der Waals surface area contributed by atoms with E-state index in [1.807, 2.05) is 0 Å². The molecule has 75 heavy (non-hydrogen) atoms. The molecule has 3 fully saturated rings. The molecule has 3 aromatic rings. The average molecular weight is 1060 g/mol. The van der Waals surface area contributed by atoms with E-state index in [0.29, 0.717) is 0 Å². The molecule has 1 heterocycles. The van der Waals surface area contributed by atoms with Crippen LogP contribution in [0.5, 0.6) is 0 Å². The summed E-state index contributed by atoms with van der Waals surface area (Å²) in [5, 5.41) is 33.2. The first kappa shape index (κ1) is 55.9. The Morgan fingerprint density at radius 3 is 1.99 bits per heavy atom. The maximum atomic E-state index is 15.7. The number of rotatable bonds is 17. The highest BCUT2D eigenvalue weighted by atomic mass is 32.2. The second-order valence-corrected chi connectivity index (χ2v) is 21.2. The van der Waals surface area contributed by atoms with Crippen molar-refractivity contribution in [3.63, 3.8) is 0 Å². The second-order valence-electron chi connectivity index (χ2n) is 19.7. The molecule has 2 bridgehead atoms. The van der Waals surface area contributed by atoms with Gasteiger partial charge >= 0.3 is 29.8 Å². The summed E-state index contributed by atoms with van der Waals surface area (Å²) >= 11 is 0. The molecule has 0 aromatic heterocycles. The van der Waals surface area contributed by atoms with Gasteiger partial charge in [-0.3, -0.25) is 38.6 Å². The van der Waals surface area contributed by atoms with Gasteiger partial charge in [0.15, 0.2) is 17.5 Å². The zero-order chi connectivity index (χ0) is 54.8. The van der Waals surface area contributed by atoms with Gasteiger partial charge in [-0.2, -0.15) is 8.42 Å². The van der Waals surface area contributed by atoms with Crippen molar-refractivity contribution in [3.8, 4) is 0 Å². The summed E-state index contributed by atoms with van der Waals surface area (Å²) < 4.78 is 67.8. The van der Waals surface area contributed by atoms with Crippen LogP contribution in [0, 0.1) is 16.7 Å². The Hall–Kier alpha value is -6.89. The van der Waals surface area contributed by atoms with Gasteiger partial charge in [0.1, 0.15) is 42.4 Å². The summed E-state index contributed by atoms with van der Waals surface area (Å²) in [4.78, 5) is 112. The van der Waals surface area contributed by atoms with Crippen molar-refractivity contribution in [2.75, 3.05) is 25.6 Å². The molecule has 402 valence electrons. The van der Waals surface area contributed by atoms with Gasteiger partial charge in [-0.15, -0.1) is 0 Å². The number of benzene rings is 3. The summed E-state index contributed by atoms with van der Waals surface area (Å²) in [6.07, 6.45) is -11.5. The highest BCUT2D eigenvalue weighted by Gasteiger charge is 2.78. The number of aliphatic hydroxyl groups is 2. The number of amides is 2. The van der Waals surface area contributed by atoms with Crippen LogP contribution < -0.4 is 16.0 Å². The number of esters is 5. The molecular formula is C52H59N3O19S. The minimum atomic E-state index is -4.51. The molecule has 0 radical (unpaired) electrons. The molecule has 11 atom stereocenters. The standard InChI is InChI=1S/C52H59N3O19S/c1-28-34(71-48(64)42(72-38(60)25-54-37(59)24-53-27-75(66,67)68)40(31-16-10-7-11-17-31)55-46(62)32-18-12-8-13-19-32)23-52(65)45(73-47(63)33-20-14-9-15-21-33)43-50(6,35(58)22-36-51(43,26-69-36)74-30(3)57)44(61)41(70-29(2)56)39(28)49(52,4)5/h7-21,34-36,40-43,45,53,58,65H,22-27H2,1-6H3,(H,54,59)(H,55,62)(H,66,67,68)/t34-,35-,36+,40-,41+,42+,43?,45-,50+,51-,52+/m0/s1. The molecule has 4 aliphatic rings. The molecule has 0 spiro atoms. The Morgan fingerprint density at radius 1 is 0.827 bits per heavy atom. The quantitative estimate of drug-likeness (QED) is 0.0486. The SMILES string of the molecule is CC(=O)O[C@H]1C(=O)[C@@]2(C)C([C@H](OC(=O)c3ccccc3)[C@]3(O)C[C@H](OC(=O)[C@H](OC(=O)CNC(=O)CNCS(=O)(=O)O)[C@@H](NC(=O)c4ccccc4)c4ccccc4)C(C)=C1C3(C)C)[C@]1(OC(C)=O)CO[C@@H]1C[C@@H]2O. The lowest BCUT2D eigenvalue weighted by atomic mass is 9.44. The van der Waals surface area contributed by atoms with Gasteiger partial charge < -0.3 is 49.3 Å². The molecule has 22 nitrogen and oxygen atoms in total. The molecule has 2 saturated carbocycles. The van der Waals surface area contributed by atoms with E-state index in [1.54, 1.807) is 54.6 Å². The average Bonchev–Trinajstić information content (AvgIpc) is 3.35. The summed E-state index contributed by atoms with van der Waals surface area (Å²) in [6, 6.07) is 21.6. The normalized spacial score (nSPS) is 28.4. The Kier molecular flexibility index (Phi) is 16.2. The topological polar surface area (TPSA) is 323 Å². The van der Waals surface area contributed by atoms with Crippen LogP contribution in [0.25, 0.3) is 0 Å². The molecule has 7 rings (SSSR count). The van der Waals surface area contributed by atoms with Crippen LogP contribution in [0.2, 0.25) is 0 Å². The van der Waals surface area contributed by atoms with Gasteiger partial charge in [0.2, 0.25) is 12.0 Å². The maximum absolute atomic E-state index is 15.7. The van der Waals surface area contributed by atoms with Crippen molar-refractivity contribution in [1.29, 1.82) is 0 Å². The molecule has 1 saturated heterocycles. The van der Waals surface area contributed by atoms with Crippen LogP contribution in [0.15, 0.2) is 102 Å². The van der Waals surface area contributed by atoms with Crippen molar-refractivity contribution in [2.24, 2.45) is 16.7 Å². The smallest absolute Gasteiger partial charge is 0.350 e. The van der Waals surface area contributed by atoms with E-state index < -0.39 is 160 Å². The van der Waals surface area contributed by atoms with Gasteiger partial charge in [0.05, 0.1) is 36.2 Å². The van der Waals surface area contributed by atoms with E-state index in [1.165, 1.54) is 64.1 Å². The number of ketones is 1. The summed E-state index contributed by atoms with van der Waals surface area (Å²) in [7, 11) is -4.51. The fraction of sp³-hybridized carbons (Fsp3) is 0.462. The van der Waals surface area contributed by atoms with Gasteiger partial charge in [0, 0.05) is 37.7 Å². The van der Waals surface area contributed by atoms with Crippen LogP contribution in [-0.2, 0) is 67.3 Å². The summed E-state index contributed by atoms with van der Waals surface area (Å²) in [5.41, 5.74) is -8.14. The Morgan fingerprint density at radius 2 is 1.43 bits per heavy atom. The zero-order valence-electron chi connectivity index (χ0n) is 41.8. The molecular weight excluding hydrogens is 1000 g/mol. The minimum absolute atomic E-state index is 0.00320. The Bertz CT molecular complexity index is 2860. The van der Waals surface area contributed by atoms with E-state index in [-0.39, 0.29) is 34.3 Å². The van der Waals surface area contributed by atoms with E-state index in [9.17, 15) is 47.4 Å². The fourth-order valence-corrected chi connectivity index (χ4v) is 11.4. The minimum Gasteiger partial charge on any atom is -0.455 e. The lowest BCUT2D eigenvalue weighted by Gasteiger charge is -2.67. The number of nitrogens with one attached hydrogen (secondary N) is 3. The number of hydrogen-bond donors (Lipinski definition) is 6. The maximum Gasteiger partial charge on any atom is 0.350 e. The van der Waals surface area contributed by atoms with Crippen molar-refractivity contribution in [2.45, 2.75) is 108 Å². The van der Waals surface area contributed by atoms with Gasteiger partial charge in [-0.1, -0.05) is 80.6 Å². The number of Topliss-reactive ketones (excluding diaryl/α,β-unsaturated/α-hetero) is 1. The number of hydrogen-bond acceptors (Lipinski definition) is 19. The summed E-state index contributed by atoms with van der Waals surface area (Å²) in [6.45, 7) is 5.92. The largest absolute Gasteiger partial charge is 0.455 e. The number of carbonyl (C=O) groups is 8. The number of aliphatic hydroxyl groups excluding tert-OH is 1. The number of ether oxygens (including phenoxy) is 6. The molecule has 1 aliphatic heterocycles. The lowest BCUT2D eigenvalue weighted by molar-refractivity contribution is -0.346. The zero-order valence-corrected chi connectivity index (χ0v) is 42.6. The van der Waals surface area contributed by atoms with Crippen LogP contribution >= 0.6 is 0 Å². The van der Waals surface area contributed by atoms with E-state index >= 15 is 9.59 Å².